The summed E-state index contributed by atoms with van der Waals surface area (Å²) < 4.78 is 61.4. The molecule has 1 unspecified atom stereocenters. The number of sulfone groups is 1. The van der Waals surface area contributed by atoms with Gasteiger partial charge in [-0.1, -0.05) is 60.2 Å². The predicted octanol–water partition coefficient (Wildman–Crippen LogP) is 5.36. The summed E-state index contributed by atoms with van der Waals surface area (Å²) in [6, 6.07) is 15.1. The Kier molecular flexibility index (Phi) is 9.80. The minimum Gasteiger partial charge on any atom is -0.461 e. The molecule has 0 spiro atoms. The van der Waals surface area contributed by atoms with Crippen molar-refractivity contribution in [1.29, 1.82) is 0 Å². The molecule has 214 valence electrons. The van der Waals surface area contributed by atoms with E-state index in [0.29, 0.717) is 15.8 Å². The molecule has 0 aliphatic rings. The number of alkyl halides is 2. The van der Waals surface area contributed by atoms with Crippen LogP contribution in [0.4, 0.5) is 13.6 Å². The molecule has 2 aromatic carbocycles. The highest BCUT2D eigenvalue weighted by molar-refractivity contribution is 7.93. The van der Waals surface area contributed by atoms with Gasteiger partial charge >= 0.3 is 18.6 Å². The summed E-state index contributed by atoms with van der Waals surface area (Å²) in [7, 11) is -3.58. The third-order valence-corrected chi connectivity index (χ3v) is 6.52. The number of rotatable bonds is 11. The van der Waals surface area contributed by atoms with Crippen LogP contribution in [-0.4, -0.2) is 42.6 Å². The predicted molar refractivity (Wildman–Crippen MR) is 145 cm³/mol. The van der Waals surface area contributed by atoms with Crippen molar-refractivity contribution in [3.05, 3.63) is 89.1 Å². The van der Waals surface area contributed by atoms with Gasteiger partial charge in [-0.25, -0.2) is 22.7 Å². The number of ether oxygens (including phenoxy) is 2. The standard InChI is InChI=1S/C28H31F2N3O6S/c1-19(2)39-25(34)28(14-20(3)18-40(4,36)37,32-27(35)38-17-21-8-6-5-7-9-21)24-12-10-22(11-13-24)23-15-31-33(16-23)26(29)30/h5-13,15-16,18-19,26H,14,17H2,1-4H3,(H,32,35). The lowest BCUT2D eigenvalue weighted by atomic mass is 9.83. The molecule has 1 N–H and O–H groups in total. The lowest BCUT2D eigenvalue weighted by Crippen LogP contribution is -2.53. The number of alkyl carbamates (subject to hydrolysis) is 1. The van der Waals surface area contributed by atoms with Crippen LogP contribution in [0.25, 0.3) is 11.1 Å². The molecule has 0 bridgehead atoms. The Morgan fingerprint density at radius 3 is 2.27 bits per heavy atom. The highest BCUT2D eigenvalue weighted by Crippen LogP contribution is 2.33. The molecule has 0 aliphatic heterocycles. The summed E-state index contributed by atoms with van der Waals surface area (Å²) >= 11 is 0. The zero-order valence-corrected chi connectivity index (χ0v) is 23.3. The fraction of sp³-hybridized carbons (Fsp3) is 0.321. The van der Waals surface area contributed by atoms with Crippen LogP contribution in [0.2, 0.25) is 0 Å². The Hall–Kier alpha value is -4.06. The second kappa shape index (κ2) is 12.9. The van der Waals surface area contributed by atoms with Gasteiger partial charge in [0.25, 0.3) is 0 Å². The van der Waals surface area contributed by atoms with Crippen LogP contribution >= 0.6 is 0 Å². The van der Waals surface area contributed by atoms with Gasteiger partial charge in [0.15, 0.2) is 15.4 Å². The molecule has 0 fully saturated rings. The maximum absolute atomic E-state index is 13.7. The molecular formula is C28H31F2N3O6S. The third kappa shape index (κ3) is 8.22. The summed E-state index contributed by atoms with van der Waals surface area (Å²) in [4.78, 5) is 26.7. The fourth-order valence-electron chi connectivity index (χ4n) is 4.07. The molecule has 1 amide bonds. The van der Waals surface area contributed by atoms with Crippen molar-refractivity contribution in [3.8, 4) is 11.1 Å². The van der Waals surface area contributed by atoms with E-state index in [1.54, 1.807) is 50.2 Å². The number of carbonyl (C=O) groups is 2. The van der Waals surface area contributed by atoms with Crippen LogP contribution in [-0.2, 0) is 36.3 Å². The van der Waals surface area contributed by atoms with Gasteiger partial charge in [-0.3, -0.25) is 0 Å². The van der Waals surface area contributed by atoms with Gasteiger partial charge in [0, 0.05) is 29.8 Å². The SMILES string of the molecule is CC(=CS(C)(=O)=O)CC(NC(=O)OCc1ccccc1)(C(=O)OC(C)C)c1ccc(-c2cnn(C(F)F)c2)cc1. The summed E-state index contributed by atoms with van der Waals surface area (Å²) in [5.74, 6) is -0.835. The first-order valence-corrected chi connectivity index (χ1v) is 14.2. The molecular weight excluding hydrogens is 544 g/mol. The van der Waals surface area contributed by atoms with Crippen molar-refractivity contribution < 1.29 is 36.3 Å². The monoisotopic (exact) mass is 575 g/mol. The smallest absolute Gasteiger partial charge is 0.408 e. The van der Waals surface area contributed by atoms with Crippen molar-refractivity contribution in [2.45, 2.75) is 52.0 Å². The van der Waals surface area contributed by atoms with E-state index in [1.165, 1.54) is 31.5 Å². The van der Waals surface area contributed by atoms with E-state index >= 15 is 0 Å². The Balaban J connectivity index is 2.05. The largest absolute Gasteiger partial charge is 0.461 e. The molecule has 0 radical (unpaired) electrons. The van der Waals surface area contributed by atoms with E-state index in [-0.39, 0.29) is 24.2 Å². The van der Waals surface area contributed by atoms with Crippen LogP contribution < -0.4 is 5.32 Å². The average molecular weight is 576 g/mol. The molecule has 0 saturated carbocycles. The van der Waals surface area contributed by atoms with Gasteiger partial charge in [-0.2, -0.15) is 13.9 Å². The molecule has 12 heteroatoms. The summed E-state index contributed by atoms with van der Waals surface area (Å²) in [5, 5.41) is 7.28. The lowest BCUT2D eigenvalue weighted by Gasteiger charge is -2.34. The van der Waals surface area contributed by atoms with Crippen LogP contribution in [0.15, 0.2) is 78.0 Å². The van der Waals surface area contributed by atoms with Crippen molar-refractivity contribution in [3.63, 3.8) is 0 Å². The minimum atomic E-state index is -3.58. The molecule has 0 saturated heterocycles. The second-order valence-electron chi connectivity index (χ2n) is 9.58. The number of hydrogen-bond acceptors (Lipinski definition) is 7. The highest BCUT2D eigenvalue weighted by atomic mass is 32.2. The van der Waals surface area contributed by atoms with Crippen molar-refractivity contribution >= 4 is 21.9 Å². The first-order valence-electron chi connectivity index (χ1n) is 12.3. The number of hydrogen-bond donors (Lipinski definition) is 1. The minimum absolute atomic E-state index is 0.0762. The normalized spacial score (nSPS) is 13.7. The number of nitrogens with one attached hydrogen (secondary N) is 1. The number of carbonyl (C=O) groups excluding carboxylic acids is 2. The van der Waals surface area contributed by atoms with Gasteiger partial charge in [-0.15, -0.1) is 0 Å². The molecule has 1 heterocycles. The van der Waals surface area contributed by atoms with Gasteiger partial charge < -0.3 is 14.8 Å². The molecule has 3 aromatic rings. The van der Waals surface area contributed by atoms with Crippen LogP contribution in [0.1, 0.15) is 44.9 Å². The maximum atomic E-state index is 13.7. The molecule has 1 atom stereocenters. The molecule has 9 nitrogen and oxygen atoms in total. The van der Waals surface area contributed by atoms with E-state index < -0.39 is 40.1 Å². The number of amides is 1. The number of benzene rings is 2. The molecule has 0 aliphatic carbocycles. The zero-order valence-electron chi connectivity index (χ0n) is 22.5. The first-order chi connectivity index (χ1) is 18.8. The Morgan fingerprint density at radius 2 is 1.73 bits per heavy atom. The van der Waals surface area contributed by atoms with Crippen LogP contribution in [0.5, 0.6) is 0 Å². The van der Waals surface area contributed by atoms with Crippen molar-refractivity contribution in [1.82, 2.24) is 15.1 Å². The average Bonchev–Trinajstić information content (AvgIpc) is 3.37. The van der Waals surface area contributed by atoms with E-state index in [4.69, 9.17) is 9.47 Å². The van der Waals surface area contributed by atoms with Crippen molar-refractivity contribution in [2.24, 2.45) is 0 Å². The number of aromatic nitrogens is 2. The van der Waals surface area contributed by atoms with Gasteiger partial charge in [-0.05, 0) is 37.5 Å². The topological polar surface area (TPSA) is 117 Å². The first kappa shape index (κ1) is 30.5. The van der Waals surface area contributed by atoms with Gasteiger partial charge in [0.05, 0.1) is 12.3 Å². The number of halogens is 2. The van der Waals surface area contributed by atoms with E-state index in [2.05, 4.69) is 10.4 Å². The van der Waals surface area contributed by atoms with Crippen LogP contribution in [0, 0.1) is 0 Å². The van der Waals surface area contributed by atoms with E-state index in [9.17, 15) is 26.8 Å². The molecule has 40 heavy (non-hydrogen) atoms. The van der Waals surface area contributed by atoms with E-state index in [0.717, 1.165) is 17.2 Å². The maximum Gasteiger partial charge on any atom is 0.408 e. The summed E-state index contributed by atoms with van der Waals surface area (Å²) in [6.07, 6.45) is 1.72. The lowest BCUT2D eigenvalue weighted by molar-refractivity contribution is -0.156. The molecule has 3 rings (SSSR count). The van der Waals surface area contributed by atoms with Gasteiger partial charge in [0.1, 0.15) is 6.61 Å². The summed E-state index contributed by atoms with van der Waals surface area (Å²) in [6.45, 7) is 1.91. The van der Waals surface area contributed by atoms with Gasteiger partial charge in [0.2, 0.25) is 0 Å². The molecule has 1 aromatic heterocycles. The van der Waals surface area contributed by atoms with Crippen LogP contribution in [0.3, 0.4) is 0 Å². The highest BCUT2D eigenvalue weighted by Gasteiger charge is 2.45. The fourth-order valence-corrected chi connectivity index (χ4v) is 4.89. The zero-order chi connectivity index (χ0) is 29.5. The van der Waals surface area contributed by atoms with Crippen molar-refractivity contribution in [2.75, 3.05) is 6.26 Å². The Labute approximate surface area is 231 Å². The Bertz CT molecular complexity index is 1450. The number of esters is 1. The summed E-state index contributed by atoms with van der Waals surface area (Å²) in [5.41, 5.74) is 0.307. The number of nitrogens with zero attached hydrogens (tertiary/aromatic N) is 2. The quantitative estimate of drug-likeness (QED) is 0.306. The second-order valence-corrected chi connectivity index (χ2v) is 11.5. The van der Waals surface area contributed by atoms with E-state index in [1.807, 2.05) is 6.07 Å². The Morgan fingerprint density at radius 1 is 1.07 bits per heavy atom. The third-order valence-electron chi connectivity index (χ3n) is 5.69.